The van der Waals surface area contributed by atoms with Crippen molar-refractivity contribution < 1.29 is 19.1 Å². The highest BCUT2D eigenvalue weighted by molar-refractivity contribution is 5.80. The van der Waals surface area contributed by atoms with Crippen LogP contribution in [0.2, 0.25) is 0 Å². The van der Waals surface area contributed by atoms with Crippen molar-refractivity contribution in [1.82, 2.24) is 9.38 Å². The van der Waals surface area contributed by atoms with Gasteiger partial charge in [0.15, 0.2) is 0 Å². The summed E-state index contributed by atoms with van der Waals surface area (Å²) in [5, 5.41) is 3.72. The summed E-state index contributed by atoms with van der Waals surface area (Å²) in [6.07, 6.45) is 2.95. The number of carbonyl (C=O) groups excluding carboxylic acids is 2. The lowest BCUT2D eigenvalue weighted by molar-refractivity contribution is -0.146. The van der Waals surface area contributed by atoms with Gasteiger partial charge in [0.1, 0.15) is 22.9 Å². The molecule has 0 atom stereocenters. The lowest BCUT2D eigenvalue weighted by atomic mass is 9.82. The molecule has 2 aromatic heterocycles. The molecule has 0 spiro atoms. The van der Waals surface area contributed by atoms with Gasteiger partial charge in [0.2, 0.25) is 0 Å². The number of benzene rings is 1. The number of aromatic nitrogens is 2. The molecule has 0 bridgehead atoms. The van der Waals surface area contributed by atoms with Gasteiger partial charge in [0, 0.05) is 17.3 Å². The van der Waals surface area contributed by atoms with E-state index in [1.165, 1.54) is 0 Å². The second-order valence-electron chi connectivity index (χ2n) is 10.3. The maximum Gasteiger partial charge on any atom is 0.311 e. The van der Waals surface area contributed by atoms with Gasteiger partial charge in [-0.25, -0.2) is 4.98 Å². The number of hydrogen-bond acceptors (Lipinski definition) is 6. The van der Waals surface area contributed by atoms with Gasteiger partial charge >= 0.3 is 11.9 Å². The maximum absolute atomic E-state index is 12.1. The molecule has 3 aromatic rings. The minimum Gasteiger partial charge on any atom is -0.466 e. The van der Waals surface area contributed by atoms with Crippen molar-refractivity contribution in [3.05, 3.63) is 48.7 Å². The van der Waals surface area contributed by atoms with Crippen molar-refractivity contribution in [1.29, 1.82) is 0 Å². The molecule has 1 aromatic carbocycles. The zero-order valence-corrected chi connectivity index (χ0v) is 21.0. The van der Waals surface area contributed by atoms with Crippen molar-refractivity contribution in [3.8, 4) is 17.0 Å². The quantitative estimate of drug-likeness (QED) is 0.314. The lowest BCUT2D eigenvalue weighted by Gasteiger charge is -2.34. The summed E-state index contributed by atoms with van der Waals surface area (Å²) in [6.45, 7) is 13.1. The Morgan fingerprint density at radius 3 is 2.29 bits per heavy atom. The van der Waals surface area contributed by atoms with Crippen LogP contribution < -0.4 is 10.1 Å². The molecular weight excluding hydrogens is 430 g/mol. The van der Waals surface area contributed by atoms with Crippen molar-refractivity contribution in [2.45, 2.75) is 66.3 Å². The fourth-order valence-electron chi connectivity index (χ4n) is 4.31. The van der Waals surface area contributed by atoms with Gasteiger partial charge in [-0.15, -0.1) is 0 Å². The molecule has 0 aliphatic heterocycles. The molecule has 3 rings (SSSR count). The molecule has 0 unspecified atom stereocenters. The number of anilines is 1. The summed E-state index contributed by atoms with van der Waals surface area (Å²) < 4.78 is 12.3. The van der Waals surface area contributed by atoms with Crippen LogP contribution in [-0.2, 0) is 14.3 Å². The van der Waals surface area contributed by atoms with Crippen molar-refractivity contribution >= 4 is 23.4 Å². The highest BCUT2D eigenvalue weighted by atomic mass is 16.5. The Morgan fingerprint density at radius 2 is 1.65 bits per heavy atom. The number of hydrogen-bond donors (Lipinski definition) is 1. The summed E-state index contributed by atoms with van der Waals surface area (Å²) in [4.78, 5) is 28.4. The summed E-state index contributed by atoms with van der Waals surface area (Å²) in [7, 11) is 0. The van der Waals surface area contributed by atoms with Gasteiger partial charge in [-0.05, 0) is 69.0 Å². The monoisotopic (exact) mass is 465 g/mol. The van der Waals surface area contributed by atoms with Crippen molar-refractivity contribution in [2.24, 2.45) is 5.41 Å². The Morgan fingerprint density at radius 1 is 0.971 bits per heavy atom. The largest absolute Gasteiger partial charge is 0.466 e. The Bertz CT molecular complexity index is 1140. The summed E-state index contributed by atoms with van der Waals surface area (Å²) >= 11 is 0. The first-order valence-corrected chi connectivity index (χ1v) is 11.7. The van der Waals surface area contributed by atoms with Crippen LogP contribution in [0.5, 0.6) is 5.75 Å². The van der Waals surface area contributed by atoms with Gasteiger partial charge in [-0.1, -0.05) is 26.8 Å². The molecule has 0 saturated heterocycles. The highest BCUT2D eigenvalue weighted by Crippen LogP contribution is 2.35. The van der Waals surface area contributed by atoms with Crippen LogP contribution in [0.4, 0.5) is 5.82 Å². The molecule has 0 radical (unpaired) electrons. The molecule has 0 saturated carbocycles. The molecule has 0 fully saturated rings. The van der Waals surface area contributed by atoms with Gasteiger partial charge in [0.25, 0.3) is 0 Å². The third-order valence-corrected chi connectivity index (χ3v) is 5.16. The van der Waals surface area contributed by atoms with Crippen LogP contribution in [0.3, 0.4) is 0 Å². The van der Waals surface area contributed by atoms with E-state index in [0.717, 1.165) is 29.1 Å². The Labute approximate surface area is 201 Å². The number of pyridine rings is 1. The molecule has 7 nitrogen and oxygen atoms in total. The first-order chi connectivity index (χ1) is 16.0. The number of rotatable bonds is 9. The smallest absolute Gasteiger partial charge is 0.311 e. The number of nitrogens with zero attached hydrogens (tertiary/aromatic N) is 2. The second kappa shape index (κ2) is 10.3. The average Bonchev–Trinajstić information content (AvgIpc) is 3.09. The van der Waals surface area contributed by atoms with Gasteiger partial charge in [0.05, 0.1) is 19.4 Å². The lowest BCUT2D eigenvalue weighted by Crippen LogP contribution is -2.36. The number of esters is 2. The van der Waals surface area contributed by atoms with Crippen LogP contribution in [0.25, 0.3) is 16.9 Å². The SMILES string of the molecule is CCOC(=O)CCC(=O)Oc1ccc(-c2nc3ccccn3c2NC(C)(C)CC(C)(C)C)cc1. The predicted octanol–water partition coefficient (Wildman–Crippen LogP) is 5.88. The predicted molar refractivity (Wildman–Crippen MR) is 134 cm³/mol. The second-order valence-corrected chi connectivity index (χ2v) is 10.3. The van der Waals surface area contributed by atoms with Crippen LogP contribution in [-0.4, -0.2) is 33.5 Å². The first kappa shape index (κ1) is 25.3. The maximum atomic E-state index is 12.1. The highest BCUT2D eigenvalue weighted by Gasteiger charge is 2.28. The van der Waals surface area contributed by atoms with E-state index in [1.807, 2.05) is 36.5 Å². The van der Waals surface area contributed by atoms with E-state index in [2.05, 4.69) is 44.3 Å². The fourth-order valence-corrected chi connectivity index (χ4v) is 4.31. The molecule has 2 heterocycles. The molecule has 1 N–H and O–H groups in total. The van der Waals surface area contributed by atoms with E-state index in [1.54, 1.807) is 19.1 Å². The van der Waals surface area contributed by atoms with Gasteiger partial charge < -0.3 is 14.8 Å². The summed E-state index contributed by atoms with van der Waals surface area (Å²) in [5.74, 6) is 0.462. The molecule has 0 amide bonds. The van der Waals surface area contributed by atoms with Gasteiger partial charge in [-0.2, -0.15) is 0 Å². The third kappa shape index (κ3) is 6.83. The van der Waals surface area contributed by atoms with Crippen LogP contribution in [0.1, 0.15) is 60.8 Å². The molecule has 182 valence electrons. The Balaban J connectivity index is 1.81. The molecule has 34 heavy (non-hydrogen) atoms. The molecular formula is C27H35N3O4. The fraction of sp³-hybridized carbons (Fsp3) is 0.444. The number of imidazole rings is 1. The van der Waals surface area contributed by atoms with Gasteiger partial charge in [-0.3, -0.25) is 14.0 Å². The summed E-state index contributed by atoms with van der Waals surface area (Å²) in [5.41, 5.74) is 2.59. The number of fused-ring (bicyclic) bond motifs is 1. The number of nitrogens with one attached hydrogen (secondary N) is 1. The first-order valence-electron chi connectivity index (χ1n) is 11.7. The van der Waals surface area contributed by atoms with E-state index < -0.39 is 11.9 Å². The Kier molecular flexibility index (Phi) is 7.64. The topological polar surface area (TPSA) is 81.9 Å². The number of ether oxygens (including phenoxy) is 2. The van der Waals surface area contributed by atoms with Crippen molar-refractivity contribution in [3.63, 3.8) is 0 Å². The van der Waals surface area contributed by atoms with E-state index in [0.29, 0.717) is 12.4 Å². The minimum atomic E-state index is -0.472. The Hall–Kier alpha value is -3.35. The van der Waals surface area contributed by atoms with E-state index in [-0.39, 0.29) is 23.8 Å². The summed E-state index contributed by atoms with van der Waals surface area (Å²) in [6, 6.07) is 13.2. The number of carbonyl (C=O) groups is 2. The normalized spacial score (nSPS) is 11.9. The average molecular weight is 466 g/mol. The van der Waals surface area contributed by atoms with E-state index in [4.69, 9.17) is 14.5 Å². The van der Waals surface area contributed by atoms with Crippen LogP contribution in [0.15, 0.2) is 48.7 Å². The van der Waals surface area contributed by atoms with E-state index >= 15 is 0 Å². The molecule has 0 aliphatic rings. The standard InChI is InChI=1S/C27H35N3O4/c1-7-33-22(31)15-16-23(32)34-20-13-11-19(12-14-20)24-25(29-27(5,6)18-26(2,3)4)30-17-9-8-10-21(30)28-24/h8-14,17,29H,7,15-16,18H2,1-6H3. The molecule has 0 aliphatic carbocycles. The third-order valence-electron chi connectivity index (χ3n) is 5.16. The molecule has 7 heteroatoms. The minimum absolute atomic E-state index is 0.00534. The zero-order valence-electron chi connectivity index (χ0n) is 21.0. The van der Waals surface area contributed by atoms with Crippen molar-refractivity contribution in [2.75, 3.05) is 11.9 Å². The van der Waals surface area contributed by atoms with Crippen LogP contribution in [0, 0.1) is 5.41 Å². The van der Waals surface area contributed by atoms with E-state index in [9.17, 15) is 9.59 Å². The zero-order chi connectivity index (χ0) is 24.9. The van der Waals surface area contributed by atoms with Crippen LogP contribution >= 0.6 is 0 Å².